The van der Waals surface area contributed by atoms with Gasteiger partial charge in [0, 0.05) is 24.9 Å². The van der Waals surface area contributed by atoms with E-state index in [-0.39, 0.29) is 23.6 Å². The molecule has 164 valence electrons. The van der Waals surface area contributed by atoms with Gasteiger partial charge in [0.05, 0.1) is 16.4 Å². The molecular weight excluding hydrogens is 410 g/mol. The molecule has 2 aromatic rings. The van der Waals surface area contributed by atoms with Gasteiger partial charge in [-0.25, -0.2) is 13.2 Å². The summed E-state index contributed by atoms with van der Waals surface area (Å²) in [5.41, 5.74) is 0.101. The van der Waals surface area contributed by atoms with Crippen molar-refractivity contribution in [2.45, 2.75) is 51.2 Å². The van der Waals surface area contributed by atoms with Crippen LogP contribution in [0.5, 0.6) is 0 Å². The first-order valence-electron chi connectivity index (χ1n) is 9.74. The molecule has 1 aliphatic rings. The van der Waals surface area contributed by atoms with Gasteiger partial charge < -0.3 is 14.1 Å². The van der Waals surface area contributed by atoms with E-state index in [1.54, 1.807) is 17.2 Å². The maximum absolute atomic E-state index is 12.0. The highest BCUT2D eigenvalue weighted by molar-refractivity contribution is 7.90. The molecular formula is C20H27N3O6S. The van der Waals surface area contributed by atoms with Gasteiger partial charge >= 0.3 is 5.97 Å². The second-order valence-electron chi connectivity index (χ2n) is 8.38. The van der Waals surface area contributed by atoms with Crippen molar-refractivity contribution in [1.29, 1.82) is 0 Å². The van der Waals surface area contributed by atoms with Gasteiger partial charge in [0.1, 0.15) is 6.61 Å². The molecule has 10 heteroatoms. The number of ether oxygens (including phenoxy) is 1. The Morgan fingerprint density at radius 2 is 1.83 bits per heavy atom. The fourth-order valence-corrected chi connectivity index (χ4v) is 3.44. The monoisotopic (exact) mass is 437 g/mol. The number of nitrogens with zero attached hydrogens (tertiary/aromatic N) is 3. The summed E-state index contributed by atoms with van der Waals surface area (Å²) in [6, 6.07) is 6.27. The highest BCUT2D eigenvalue weighted by atomic mass is 32.2. The summed E-state index contributed by atoms with van der Waals surface area (Å²) < 4.78 is 34.2. The van der Waals surface area contributed by atoms with Crippen molar-refractivity contribution in [3.8, 4) is 11.5 Å². The van der Waals surface area contributed by atoms with E-state index in [1.165, 1.54) is 12.1 Å². The van der Waals surface area contributed by atoms with Gasteiger partial charge in [-0.15, -0.1) is 5.06 Å². The molecule has 0 N–H and O–H groups in total. The summed E-state index contributed by atoms with van der Waals surface area (Å²) in [7, 11) is -3.25. The van der Waals surface area contributed by atoms with Gasteiger partial charge in [0.2, 0.25) is 0 Å². The summed E-state index contributed by atoms with van der Waals surface area (Å²) in [5.74, 6) is 0.474. The lowest BCUT2D eigenvalue weighted by Crippen LogP contribution is -2.40. The molecule has 0 amide bonds. The van der Waals surface area contributed by atoms with Gasteiger partial charge in [0.25, 0.3) is 5.89 Å². The lowest BCUT2D eigenvalue weighted by molar-refractivity contribution is -0.209. The van der Waals surface area contributed by atoms with Crippen LogP contribution < -0.4 is 0 Å². The Kier molecular flexibility index (Phi) is 6.59. The number of hydroxylamine groups is 2. The van der Waals surface area contributed by atoms with Crippen molar-refractivity contribution in [3.63, 3.8) is 0 Å². The average molecular weight is 438 g/mol. The molecule has 2 heterocycles. The van der Waals surface area contributed by atoms with E-state index in [4.69, 9.17) is 14.1 Å². The van der Waals surface area contributed by atoms with E-state index in [0.29, 0.717) is 30.4 Å². The van der Waals surface area contributed by atoms with Gasteiger partial charge in [-0.2, -0.15) is 4.98 Å². The molecule has 30 heavy (non-hydrogen) atoms. The first kappa shape index (κ1) is 22.4. The second-order valence-corrected chi connectivity index (χ2v) is 10.4. The SMILES string of the molecule is CC(C)(C)C(=O)ON1CCC(OCc2noc(-c3ccc(S(C)(=O)=O)cc3)n2)CC1. The van der Waals surface area contributed by atoms with Crippen molar-refractivity contribution < 1.29 is 27.3 Å². The van der Waals surface area contributed by atoms with E-state index in [1.807, 2.05) is 20.8 Å². The molecule has 9 nitrogen and oxygen atoms in total. The fourth-order valence-electron chi connectivity index (χ4n) is 2.81. The van der Waals surface area contributed by atoms with E-state index in [9.17, 15) is 13.2 Å². The summed E-state index contributed by atoms with van der Waals surface area (Å²) in [5, 5.41) is 5.60. The van der Waals surface area contributed by atoms with Gasteiger partial charge in [-0.1, -0.05) is 5.16 Å². The van der Waals surface area contributed by atoms with Crippen molar-refractivity contribution in [2.24, 2.45) is 5.41 Å². The van der Waals surface area contributed by atoms with Crippen molar-refractivity contribution in [3.05, 3.63) is 30.1 Å². The summed E-state index contributed by atoms with van der Waals surface area (Å²) in [6.45, 7) is 6.89. The number of aromatic nitrogens is 2. The smallest absolute Gasteiger partial charge is 0.330 e. The van der Waals surface area contributed by atoms with Crippen LogP contribution in [0.4, 0.5) is 0 Å². The maximum Gasteiger partial charge on any atom is 0.330 e. The first-order valence-corrected chi connectivity index (χ1v) is 11.6. The molecule has 0 saturated carbocycles. The van der Waals surface area contributed by atoms with Crippen LogP contribution in [0.3, 0.4) is 0 Å². The second kappa shape index (κ2) is 8.83. The number of sulfone groups is 1. The van der Waals surface area contributed by atoms with Crippen molar-refractivity contribution >= 4 is 15.8 Å². The normalized spacial score (nSPS) is 16.5. The quantitative estimate of drug-likeness (QED) is 0.673. The molecule has 1 aromatic heterocycles. The number of benzene rings is 1. The lowest BCUT2D eigenvalue weighted by Gasteiger charge is -2.31. The minimum atomic E-state index is -3.25. The van der Waals surface area contributed by atoms with E-state index < -0.39 is 15.3 Å². The summed E-state index contributed by atoms with van der Waals surface area (Å²) >= 11 is 0. The third-order valence-corrected chi connectivity index (χ3v) is 5.80. The predicted molar refractivity (Wildman–Crippen MR) is 108 cm³/mol. The molecule has 0 bridgehead atoms. The van der Waals surface area contributed by atoms with E-state index in [2.05, 4.69) is 10.1 Å². The van der Waals surface area contributed by atoms with Crippen LogP contribution in [-0.2, 0) is 30.8 Å². The molecule has 0 unspecified atom stereocenters. The Hall–Kier alpha value is -2.30. The number of hydrogen-bond donors (Lipinski definition) is 0. The number of carbonyl (C=O) groups excluding carboxylic acids is 1. The maximum atomic E-state index is 12.0. The van der Waals surface area contributed by atoms with Crippen LogP contribution in [0.25, 0.3) is 11.5 Å². The zero-order valence-electron chi connectivity index (χ0n) is 17.6. The van der Waals surface area contributed by atoms with Crippen molar-refractivity contribution in [2.75, 3.05) is 19.3 Å². The Morgan fingerprint density at radius 1 is 1.20 bits per heavy atom. The molecule has 1 fully saturated rings. The van der Waals surface area contributed by atoms with Crippen LogP contribution in [0.2, 0.25) is 0 Å². The molecule has 0 radical (unpaired) electrons. The Bertz CT molecular complexity index is 971. The van der Waals surface area contributed by atoms with Gasteiger partial charge in [0.15, 0.2) is 15.7 Å². The van der Waals surface area contributed by atoms with Crippen LogP contribution in [-0.4, -0.2) is 55.0 Å². The van der Waals surface area contributed by atoms with Gasteiger partial charge in [-0.3, -0.25) is 0 Å². The molecule has 0 spiro atoms. The third kappa shape index (κ3) is 5.87. The highest BCUT2D eigenvalue weighted by Crippen LogP contribution is 2.22. The molecule has 3 rings (SSSR count). The van der Waals surface area contributed by atoms with Crippen LogP contribution in [0, 0.1) is 5.41 Å². The lowest BCUT2D eigenvalue weighted by atomic mass is 9.98. The number of piperidine rings is 1. The van der Waals surface area contributed by atoms with Crippen LogP contribution >= 0.6 is 0 Å². The Balaban J connectivity index is 1.48. The van der Waals surface area contributed by atoms with Crippen LogP contribution in [0.15, 0.2) is 33.7 Å². The average Bonchev–Trinajstić information content (AvgIpc) is 3.15. The van der Waals surface area contributed by atoms with Gasteiger partial charge in [-0.05, 0) is 57.9 Å². The minimum absolute atomic E-state index is 0.0191. The topological polar surface area (TPSA) is 112 Å². The zero-order chi connectivity index (χ0) is 21.9. The highest BCUT2D eigenvalue weighted by Gasteiger charge is 2.28. The van der Waals surface area contributed by atoms with Crippen LogP contribution in [0.1, 0.15) is 39.4 Å². The van der Waals surface area contributed by atoms with E-state index >= 15 is 0 Å². The molecule has 1 aliphatic heterocycles. The third-order valence-electron chi connectivity index (χ3n) is 4.67. The molecule has 0 atom stereocenters. The predicted octanol–water partition coefficient (Wildman–Crippen LogP) is 2.63. The number of carbonyl (C=O) groups is 1. The van der Waals surface area contributed by atoms with E-state index in [0.717, 1.165) is 19.1 Å². The summed E-state index contributed by atoms with van der Waals surface area (Å²) in [4.78, 5) is 21.9. The standard InChI is InChI=1S/C20H27N3O6S/c1-20(2,3)19(24)29-23-11-9-15(10-12-23)27-13-17-21-18(28-22-17)14-5-7-16(8-6-14)30(4,25)26/h5-8,15H,9-13H2,1-4H3. The number of hydrogen-bond acceptors (Lipinski definition) is 9. The molecule has 1 aromatic carbocycles. The zero-order valence-corrected chi connectivity index (χ0v) is 18.4. The Labute approximate surface area is 176 Å². The minimum Gasteiger partial charge on any atom is -0.370 e. The first-order chi connectivity index (χ1) is 14.0. The largest absolute Gasteiger partial charge is 0.370 e. The Morgan fingerprint density at radius 3 is 2.40 bits per heavy atom. The molecule has 1 saturated heterocycles. The van der Waals surface area contributed by atoms with Crippen molar-refractivity contribution in [1.82, 2.24) is 15.2 Å². The number of rotatable bonds is 6. The fraction of sp³-hybridized carbons (Fsp3) is 0.550. The molecule has 0 aliphatic carbocycles. The summed E-state index contributed by atoms with van der Waals surface area (Å²) in [6.07, 6.45) is 2.64.